The fraction of sp³-hybridized carbons (Fsp3) is 1.00. The van der Waals surface area contributed by atoms with Crippen molar-refractivity contribution in [3.63, 3.8) is 0 Å². The number of alkyl halides is 8. The highest BCUT2D eigenvalue weighted by Crippen LogP contribution is 2.59. The molecule has 194 valence electrons. The van der Waals surface area contributed by atoms with Gasteiger partial charge in [0.2, 0.25) is 0 Å². The largest absolute Gasteiger partial charge is 0.470 e. The number of hydrogen-bond donors (Lipinski definition) is 4. The Morgan fingerprint density at radius 2 is 0.750 bits per heavy atom. The van der Waals surface area contributed by atoms with Gasteiger partial charge in [-0.05, 0) is 25.7 Å². The van der Waals surface area contributed by atoms with Crippen molar-refractivity contribution < 1.29 is 37.8 Å². The van der Waals surface area contributed by atoms with Gasteiger partial charge in [0.05, 0.1) is 0 Å². The molecule has 0 aliphatic carbocycles. The summed E-state index contributed by atoms with van der Waals surface area (Å²) < 4.78 is 35.5. The quantitative estimate of drug-likeness (QED) is 0.0917. The molecular weight excluding hydrogens is 997 g/mol. The van der Waals surface area contributed by atoms with E-state index in [4.69, 9.17) is 9.05 Å². The molecule has 0 rings (SSSR count). The Morgan fingerprint density at radius 1 is 0.562 bits per heavy atom. The number of rotatable bonds is 17. The van der Waals surface area contributed by atoms with Crippen LogP contribution in [0.4, 0.5) is 0 Å². The van der Waals surface area contributed by atoms with Gasteiger partial charge in [0.1, 0.15) is 11.2 Å². The lowest BCUT2D eigenvalue weighted by molar-refractivity contribution is -0.150. The van der Waals surface area contributed by atoms with Crippen molar-refractivity contribution in [2.24, 2.45) is 0 Å². The van der Waals surface area contributed by atoms with Crippen molar-refractivity contribution >= 4 is 143 Å². The molecule has 0 amide bonds. The molecule has 18 heteroatoms. The lowest BCUT2D eigenvalue weighted by Gasteiger charge is -2.52. The molecule has 0 heterocycles. The van der Waals surface area contributed by atoms with Crippen molar-refractivity contribution in [2.45, 2.75) is 56.2 Å². The zero-order valence-corrected chi connectivity index (χ0v) is 30.8. The Hall–Kier alpha value is 4.06. The summed E-state index contributed by atoms with van der Waals surface area (Å²) in [5.74, 6) is 0. The monoisotopic (exact) mass is 1010 g/mol. The average Bonchev–Trinajstić information content (AvgIpc) is 2.64. The fourth-order valence-electron chi connectivity index (χ4n) is 3.33. The average molecular weight is 1020 g/mol. The van der Waals surface area contributed by atoms with Gasteiger partial charge in [-0.2, -0.15) is 0 Å². The first-order valence-electron chi connectivity index (χ1n) is 8.81. The lowest BCUT2D eigenvalue weighted by atomic mass is 9.71. The van der Waals surface area contributed by atoms with Crippen LogP contribution >= 0.6 is 143 Å². The van der Waals surface area contributed by atoms with Gasteiger partial charge in [-0.25, -0.2) is 9.13 Å². The van der Waals surface area contributed by atoms with Crippen LogP contribution in [-0.2, 0) is 18.2 Å². The second-order valence-corrected chi connectivity index (χ2v) is 17.1. The Morgan fingerprint density at radius 3 is 0.875 bits per heavy atom. The second-order valence-electron chi connectivity index (χ2n) is 6.98. The summed E-state index contributed by atoms with van der Waals surface area (Å²) in [4.78, 5) is 38.2. The Balaban J connectivity index is 7.26. The zero-order chi connectivity index (χ0) is 25.4. The zero-order valence-electron chi connectivity index (χ0n) is 16.3. The molecule has 0 saturated carbocycles. The third-order valence-corrected chi connectivity index (χ3v) is 14.7. The van der Waals surface area contributed by atoms with Gasteiger partial charge in [0.25, 0.3) is 0 Å². The predicted octanol–water partition coefficient (Wildman–Crippen LogP) is 6.88. The van der Waals surface area contributed by atoms with Gasteiger partial charge >= 0.3 is 15.6 Å². The summed E-state index contributed by atoms with van der Waals surface area (Å²) >= 11 is 27.3. The maximum Gasteiger partial charge on any atom is 0.470 e. The Bertz CT molecular complexity index is 572. The predicted molar refractivity (Wildman–Crippen MR) is 156 cm³/mol. The maximum atomic E-state index is 12.2. The van der Waals surface area contributed by atoms with E-state index in [9.17, 15) is 28.7 Å². The van der Waals surface area contributed by atoms with E-state index in [1.165, 1.54) is 0 Å². The molecule has 0 aliphatic heterocycles. The number of hydrogen-bond acceptors (Lipinski definition) is 4. The molecule has 32 heavy (non-hydrogen) atoms. The van der Waals surface area contributed by atoms with Crippen LogP contribution in [0.25, 0.3) is 0 Å². The molecular formula is C14H24Br8O8P2. The maximum absolute atomic E-state index is 12.2. The molecule has 0 radical (unpaired) electrons. The van der Waals surface area contributed by atoms with Crippen LogP contribution in [0.1, 0.15) is 25.7 Å². The minimum absolute atomic E-state index is 0.0253. The minimum Gasteiger partial charge on any atom is -0.303 e. The van der Waals surface area contributed by atoms with Crippen LogP contribution < -0.4 is 0 Å². The fourth-order valence-corrected chi connectivity index (χ4v) is 7.88. The van der Waals surface area contributed by atoms with E-state index in [1.807, 2.05) is 0 Å². The molecule has 4 atom stereocenters. The molecule has 0 aromatic rings. The summed E-state index contributed by atoms with van der Waals surface area (Å²) in [6.45, 7) is 0. The van der Waals surface area contributed by atoms with Crippen molar-refractivity contribution in [2.75, 3.05) is 21.3 Å². The van der Waals surface area contributed by atoms with E-state index in [1.54, 1.807) is 0 Å². The van der Waals surface area contributed by atoms with Crippen molar-refractivity contribution in [3.05, 3.63) is 0 Å². The van der Waals surface area contributed by atoms with Crippen molar-refractivity contribution in [1.29, 1.82) is 0 Å². The standard InChI is InChI=1S/C14H24Br8O8P2/c15-5-9(19)1-13(2-10(20)6-16,29-31(23,24)25)14(3-11(21)7-17,4-12(22)8-18)30-32(26,27)28/h9-12H,1-8H2,(H2,23,24,25)(H2,26,27,28). The van der Waals surface area contributed by atoms with Gasteiger partial charge in [-0.3, -0.25) is 9.05 Å². The molecule has 0 saturated heterocycles. The first-order chi connectivity index (χ1) is 14.5. The van der Waals surface area contributed by atoms with E-state index in [2.05, 4.69) is 127 Å². The summed E-state index contributed by atoms with van der Waals surface area (Å²) in [6, 6.07) is 0. The molecule has 0 bridgehead atoms. The molecule has 8 nitrogen and oxygen atoms in total. The molecule has 0 aliphatic rings. The highest BCUT2D eigenvalue weighted by molar-refractivity contribution is 9.13. The summed E-state index contributed by atoms with van der Waals surface area (Å²) in [5, 5.41) is 1.55. The lowest BCUT2D eigenvalue weighted by Crippen LogP contribution is -2.61. The molecule has 4 N–H and O–H groups in total. The normalized spacial score (nSPS) is 20.8. The first-order valence-corrected chi connectivity index (χ1v) is 20.0. The minimum atomic E-state index is -5.15. The molecule has 0 fully saturated rings. The van der Waals surface area contributed by atoms with Crippen molar-refractivity contribution in [3.8, 4) is 0 Å². The van der Waals surface area contributed by atoms with E-state index < -0.39 is 26.8 Å². The van der Waals surface area contributed by atoms with E-state index in [0.717, 1.165) is 0 Å². The summed E-state index contributed by atoms with van der Waals surface area (Å²) in [7, 11) is -10.3. The topological polar surface area (TPSA) is 134 Å². The van der Waals surface area contributed by atoms with Crippen LogP contribution in [0.5, 0.6) is 0 Å². The van der Waals surface area contributed by atoms with Gasteiger partial charge < -0.3 is 19.6 Å². The van der Waals surface area contributed by atoms with E-state index in [0.29, 0.717) is 21.3 Å². The third kappa shape index (κ3) is 13.2. The highest BCUT2D eigenvalue weighted by atomic mass is 79.9. The van der Waals surface area contributed by atoms with E-state index in [-0.39, 0.29) is 45.0 Å². The number of halogens is 8. The van der Waals surface area contributed by atoms with Crippen molar-refractivity contribution in [1.82, 2.24) is 0 Å². The van der Waals surface area contributed by atoms with Crippen LogP contribution in [0.2, 0.25) is 0 Å². The van der Waals surface area contributed by atoms with Gasteiger partial charge in [0, 0.05) is 40.6 Å². The number of phosphoric ester groups is 2. The van der Waals surface area contributed by atoms with E-state index >= 15 is 0 Å². The molecule has 0 spiro atoms. The van der Waals surface area contributed by atoms with Crippen LogP contribution in [0, 0.1) is 0 Å². The highest BCUT2D eigenvalue weighted by Gasteiger charge is 2.60. The molecule has 4 unspecified atom stereocenters. The van der Waals surface area contributed by atoms with Crippen LogP contribution in [-0.4, -0.2) is 71.4 Å². The first kappa shape index (κ1) is 36.1. The van der Waals surface area contributed by atoms with Crippen LogP contribution in [0.15, 0.2) is 0 Å². The summed E-state index contributed by atoms with van der Waals surface area (Å²) in [6.07, 6.45) is -0.101. The van der Waals surface area contributed by atoms with Crippen LogP contribution in [0.3, 0.4) is 0 Å². The Labute approximate surface area is 255 Å². The molecule has 0 aromatic carbocycles. The van der Waals surface area contributed by atoms with Gasteiger partial charge in [0.15, 0.2) is 0 Å². The number of phosphoric acid groups is 2. The SMILES string of the molecule is O=P(O)(O)OC(CC(Br)CBr)(CC(Br)CBr)C(CC(Br)CBr)(CC(Br)CBr)OP(=O)(O)O. The smallest absolute Gasteiger partial charge is 0.303 e. The second kappa shape index (κ2) is 16.2. The third-order valence-electron chi connectivity index (χ3n) is 4.29. The summed E-state index contributed by atoms with van der Waals surface area (Å²) in [5.41, 5.74) is -3.64. The molecule has 0 aromatic heterocycles. The van der Waals surface area contributed by atoms with Gasteiger partial charge in [-0.15, -0.1) is 0 Å². The van der Waals surface area contributed by atoms with Gasteiger partial charge in [-0.1, -0.05) is 127 Å². The Kier molecular flexibility index (Phi) is 18.3.